The van der Waals surface area contributed by atoms with E-state index < -0.39 is 0 Å². The van der Waals surface area contributed by atoms with Gasteiger partial charge in [-0.2, -0.15) is 5.10 Å². The van der Waals surface area contributed by atoms with E-state index in [0.29, 0.717) is 17.9 Å². The molecule has 1 aromatic rings. The van der Waals surface area contributed by atoms with Crippen molar-refractivity contribution in [3.8, 4) is 0 Å². The van der Waals surface area contributed by atoms with Gasteiger partial charge in [0.15, 0.2) is 0 Å². The van der Waals surface area contributed by atoms with Gasteiger partial charge in [-0.3, -0.25) is 9.89 Å². The molecule has 1 rings (SSSR count). The largest absolute Gasteiger partial charge is 0.396 e. The molecule has 0 saturated carbocycles. The van der Waals surface area contributed by atoms with Gasteiger partial charge in [-0.15, -0.1) is 0 Å². The van der Waals surface area contributed by atoms with Crippen LogP contribution >= 0.6 is 0 Å². The van der Waals surface area contributed by atoms with Crippen molar-refractivity contribution in [1.82, 2.24) is 15.1 Å². The Bertz CT molecular complexity index is 355. The normalized spacial score (nSPS) is 9.86. The second-order valence-electron chi connectivity index (χ2n) is 3.32. The quantitative estimate of drug-likeness (QED) is 0.693. The predicted molar refractivity (Wildman–Crippen MR) is 54.8 cm³/mol. The highest BCUT2D eigenvalue weighted by Crippen LogP contribution is 2.09. The number of nitrogens with zero attached hydrogens (tertiary/aromatic N) is 2. The molecule has 0 spiro atoms. The van der Waals surface area contributed by atoms with Gasteiger partial charge < -0.3 is 10.6 Å². The van der Waals surface area contributed by atoms with E-state index >= 15 is 0 Å². The number of carbonyl (C=O) groups is 1. The Morgan fingerprint density at radius 1 is 1.79 bits per heavy atom. The fourth-order valence-electron chi connectivity index (χ4n) is 1.13. The van der Waals surface area contributed by atoms with Crippen LogP contribution in [-0.4, -0.2) is 34.6 Å². The van der Waals surface area contributed by atoms with E-state index in [4.69, 9.17) is 5.73 Å². The van der Waals surface area contributed by atoms with Gasteiger partial charge in [0.25, 0.3) is 5.91 Å². The molecule has 0 fully saturated rings. The number of hydrogen-bond donors (Lipinski definition) is 2. The van der Waals surface area contributed by atoms with Gasteiger partial charge in [-0.05, 0) is 6.92 Å². The van der Waals surface area contributed by atoms with Gasteiger partial charge in [0.2, 0.25) is 0 Å². The van der Waals surface area contributed by atoms with Crippen molar-refractivity contribution in [2.75, 3.05) is 19.3 Å². The fraction of sp³-hybridized carbons (Fsp3) is 0.333. The number of aromatic nitrogens is 2. The number of amides is 1. The topological polar surface area (TPSA) is 75.0 Å². The lowest BCUT2D eigenvalue weighted by molar-refractivity contribution is 0.0802. The van der Waals surface area contributed by atoms with Crippen molar-refractivity contribution < 1.29 is 4.79 Å². The summed E-state index contributed by atoms with van der Waals surface area (Å²) in [6, 6.07) is 0. The minimum Gasteiger partial charge on any atom is -0.396 e. The summed E-state index contributed by atoms with van der Waals surface area (Å²) in [6.45, 7) is 6.10. The van der Waals surface area contributed by atoms with Crippen LogP contribution in [0.2, 0.25) is 0 Å². The first-order valence-corrected chi connectivity index (χ1v) is 4.21. The molecule has 0 atom stereocenters. The molecule has 0 aliphatic rings. The van der Waals surface area contributed by atoms with Crippen molar-refractivity contribution in [1.29, 1.82) is 0 Å². The lowest BCUT2D eigenvalue weighted by Gasteiger charge is -2.16. The third-order valence-corrected chi connectivity index (χ3v) is 1.74. The molecule has 0 unspecified atom stereocenters. The molecule has 0 saturated heterocycles. The number of nitrogen functional groups attached to an aromatic ring is 1. The summed E-state index contributed by atoms with van der Waals surface area (Å²) in [5, 5.41) is 6.25. The van der Waals surface area contributed by atoms with E-state index in [1.807, 2.05) is 6.92 Å². The van der Waals surface area contributed by atoms with Crippen LogP contribution in [0.15, 0.2) is 18.3 Å². The van der Waals surface area contributed by atoms with E-state index in [1.165, 1.54) is 11.1 Å². The van der Waals surface area contributed by atoms with E-state index in [2.05, 4.69) is 16.8 Å². The Balaban J connectivity index is 2.76. The van der Waals surface area contributed by atoms with Crippen molar-refractivity contribution in [3.05, 3.63) is 24.0 Å². The molecule has 0 aliphatic carbocycles. The van der Waals surface area contributed by atoms with Gasteiger partial charge in [-0.1, -0.05) is 12.2 Å². The second-order valence-corrected chi connectivity index (χ2v) is 3.32. The van der Waals surface area contributed by atoms with E-state index in [1.54, 1.807) is 7.05 Å². The third-order valence-electron chi connectivity index (χ3n) is 1.74. The van der Waals surface area contributed by atoms with E-state index in [0.717, 1.165) is 5.57 Å². The van der Waals surface area contributed by atoms with E-state index in [9.17, 15) is 4.79 Å². The van der Waals surface area contributed by atoms with Crippen LogP contribution in [-0.2, 0) is 0 Å². The number of H-pyrrole nitrogens is 1. The number of anilines is 1. The molecule has 0 aliphatic heterocycles. The second kappa shape index (κ2) is 3.95. The molecule has 1 aromatic heterocycles. The summed E-state index contributed by atoms with van der Waals surface area (Å²) in [5.41, 5.74) is 7.15. The first-order valence-electron chi connectivity index (χ1n) is 4.21. The maximum atomic E-state index is 11.7. The number of aromatic amines is 1. The van der Waals surface area contributed by atoms with Gasteiger partial charge in [-0.25, -0.2) is 0 Å². The van der Waals surface area contributed by atoms with Crippen LogP contribution in [0, 0.1) is 0 Å². The molecular weight excluding hydrogens is 180 g/mol. The highest BCUT2D eigenvalue weighted by Gasteiger charge is 2.15. The number of carbonyl (C=O) groups excluding carboxylic acids is 1. The van der Waals surface area contributed by atoms with Gasteiger partial charge in [0.05, 0.1) is 11.9 Å². The maximum Gasteiger partial charge on any atom is 0.274 e. The summed E-state index contributed by atoms with van der Waals surface area (Å²) in [6.07, 6.45) is 1.42. The number of rotatable bonds is 3. The molecule has 5 heteroatoms. The molecule has 0 aromatic carbocycles. The van der Waals surface area contributed by atoms with Crippen LogP contribution in [0.4, 0.5) is 5.69 Å². The Morgan fingerprint density at radius 3 is 2.86 bits per heavy atom. The van der Waals surface area contributed by atoms with Crippen molar-refractivity contribution in [2.45, 2.75) is 6.92 Å². The SMILES string of the molecule is C=C(C)CN(C)C(=O)c1[nH]ncc1N. The van der Waals surface area contributed by atoms with Crippen LogP contribution in [0.25, 0.3) is 0 Å². The van der Waals surface area contributed by atoms with Gasteiger partial charge in [0.1, 0.15) is 5.69 Å². The molecule has 1 amide bonds. The number of hydrogen-bond acceptors (Lipinski definition) is 3. The monoisotopic (exact) mass is 194 g/mol. The number of likely N-dealkylation sites (N-methyl/N-ethyl adjacent to an activating group) is 1. The molecule has 14 heavy (non-hydrogen) atoms. The Morgan fingerprint density at radius 2 is 2.43 bits per heavy atom. The maximum absolute atomic E-state index is 11.7. The van der Waals surface area contributed by atoms with Crippen molar-refractivity contribution >= 4 is 11.6 Å². The fourth-order valence-corrected chi connectivity index (χ4v) is 1.13. The van der Waals surface area contributed by atoms with Crippen LogP contribution in [0.5, 0.6) is 0 Å². The molecule has 0 radical (unpaired) electrons. The van der Waals surface area contributed by atoms with Crippen molar-refractivity contribution in [3.63, 3.8) is 0 Å². The predicted octanol–water partition coefficient (Wildman–Crippen LogP) is 0.640. The summed E-state index contributed by atoms with van der Waals surface area (Å²) in [7, 11) is 1.69. The summed E-state index contributed by atoms with van der Waals surface area (Å²) in [5.74, 6) is -0.178. The smallest absolute Gasteiger partial charge is 0.274 e. The summed E-state index contributed by atoms with van der Waals surface area (Å²) in [4.78, 5) is 13.2. The Labute approximate surface area is 82.6 Å². The lowest BCUT2D eigenvalue weighted by Crippen LogP contribution is -2.29. The third kappa shape index (κ3) is 2.12. The zero-order chi connectivity index (χ0) is 10.7. The molecule has 5 nitrogen and oxygen atoms in total. The highest BCUT2D eigenvalue weighted by molar-refractivity contribution is 5.96. The van der Waals surface area contributed by atoms with Crippen LogP contribution in [0.3, 0.4) is 0 Å². The molecule has 3 N–H and O–H groups in total. The molecular formula is C9H14N4O. The molecule has 1 heterocycles. The van der Waals surface area contributed by atoms with Crippen molar-refractivity contribution in [2.24, 2.45) is 0 Å². The molecule has 76 valence electrons. The van der Waals surface area contributed by atoms with Crippen LogP contribution in [0.1, 0.15) is 17.4 Å². The summed E-state index contributed by atoms with van der Waals surface area (Å²) < 4.78 is 0. The number of nitrogens with one attached hydrogen (secondary N) is 1. The zero-order valence-corrected chi connectivity index (χ0v) is 8.37. The van der Waals surface area contributed by atoms with Gasteiger partial charge in [0, 0.05) is 13.6 Å². The average molecular weight is 194 g/mol. The van der Waals surface area contributed by atoms with Crippen LogP contribution < -0.4 is 5.73 Å². The number of nitrogens with two attached hydrogens (primary N) is 1. The molecule has 0 bridgehead atoms. The first-order chi connectivity index (χ1) is 6.52. The van der Waals surface area contributed by atoms with Gasteiger partial charge >= 0.3 is 0 Å². The minimum atomic E-state index is -0.178. The highest BCUT2D eigenvalue weighted by atomic mass is 16.2. The Hall–Kier alpha value is -1.78. The standard InChI is InChI=1S/C9H14N4O/c1-6(2)5-13(3)9(14)8-7(10)4-11-12-8/h4H,1,5,10H2,2-3H3,(H,11,12). The minimum absolute atomic E-state index is 0.178. The zero-order valence-electron chi connectivity index (χ0n) is 8.37. The first kappa shape index (κ1) is 10.3. The lowest BCUT2D eigenvalue weighted by atomic mass is 10.3. The Kier molecular flexibility index (Phi) is 2.91. The average Bonchev–Trinajstić information content (AvgIpc) is 2.48. The summed E-state index contributed by atoms with van der Waals surface area (Å²) >= 11 is 0. The van der Waals surface area contributed by atoms with E-state index in [-0.39, 0.29) is 5.91 Å².